The molecule has 2 aromatic carbocycles. The van der Waals surface area contributed by atoms with Crippen molar-refractivity contribution in [1.82, 2.24) is 4.90 Å². The fourth-order valence-corrected chi connectivity index (χ4v) is 3.20. The minimum absolute atomic E-state index is 0.338. The van der Waals surface area contributed by atoms with Crippen LogP contribution in [-0.4, -0.2) is 40.3 Å². The highest BCUT2D eigenvalue weighted by Gasteiger charge is 2.32. The zero-order chi connectivity index (χ0) is 17.6. The average molecular weight is 341 g/mol. The number of aliphatic carboxylic acids is 1. The number of rotatable bonds is 6. The highest BCUT2D eigenvalue weighted by Crippen LogP contribution is 2.32. The molecular weight excluding hydrogens is 318 g/mol. The largest absolute Gasteiger partial charge is 0.489 e. The lowest BCUT2D eigenvalue weighted by Crippen LogP contribution is -2.41. The van der Waals surface area contributed by atoms with E-state index in [-0.39, 0.29) is 6.10 Å². The Labute approximate surface area is 147 Å². The fraction of sp³-hybridized carbons (Fsp3) is 0.350. The molecule has 0 spiro atoms. The van der Waals surface area contributed by atoms with E-state index in [0.29, 0.717) is 43.9 Å². The van der Waals surface area contributed by atoms with Crippen LogP contribution in [0, 0.1) is 0 Å². The van der Waals surface area contributed by atoms with E-state index < -0.39 is 12.0 Å². The molecule has 0 amide bonds. The highest BCUT2D eigenvalue weighted by atomic mass is 16.5. The first-order valence-electron chi connectivity index (χ1n) is 8.55. The molecular formula is C20H23NO4. The van der Waals surface area contributed by atoms with Crippen molar-refractivity contribution in [3.8, 4) is 5.75 Å². The monoisotopic (exact) mass is 341 g/mol. The molecule has 0 aromatic heterocycles. The van der Waals surface area contributed by atoms with E-state index in [4.69, 9.17) is 4.74 Å². The van der Waals surface area contributed by atoms with Gasteiger partial charge in [-0.05, 0) is 24.5 Å². The van der Waals surface area contributed by atoms with Crippen molar-refractivity contribution in [2.75, 3.05) is 13.1 Å². The van der Waals surface area contributed by atoms with Gasteiger partial charge in [0, 0.05) is 18.7 Å². The number of nitrogens with zero attached hydrogens (tertiary/aromatic N) is 1. The van der Waals surface area contributed by atoms with E-state index in [1.807, 2.05) is 59.5 Å². The molecule has 2 aromatic rings. The third-order valence-electron chi connectivity index (χ3n) is 4.55. The zero-order valence-electron chi connectivity index (χ0n) is 14.0. The second kappa shape index (κ2) is 8.14. The molecule has 0 unspecified atom stereocenters. The van der Waals surface area contributed by atoms with E-state index >= 15 is 0 Å². The standard InChI is InChI=1S/C20H23NO4/c22-16-10-12-21(13-11-16)19(20(23)24)17-8-4-5-9-18(17)25-14-15-6-2-1-3-7-15/h1-9,16,19,22H,10-14H2,(H,23,24)/t19-/m1/s1. The van der Waals surface area contributed by atoms with Crippen molar-refractivity contribution in [2.24, 2.45) is 0 Å². The van der Waals surface area contributed by atoms with Crippen LogP contribution in [-0.2, 0) is 11.4 Å². The second-order valence-electron chi connectivity index (χ2n) is 6.32. The van der Waals surface area contributed by atoms with Crippen molar-refractivity contribution < 1.29 is 19.7 Å². The number of para-hydroxylation sites is 1. The molecule has 1 aliphatic heterocycles. The molecule has 3 rings (SSSR count). The van der Waals surface area contributed by atoms with Gasteiger partial charge in [-0.3, -0.25) is 9.69 Å². The molecule has 1 atom stereocenters. The van der Waals surface area contributed by atoms with Crippen LogP contribution in [0.5, 0.6) is 5.75 Å². The van der Waals surface area contributed by atoms with Crippen LogP contribution in [0.3, 0.4) is 0 Å². The molecule has 1 heterocycles. The lowest BCUT2D eigenvalue weighted by molar-refractivity contribution is -0.144. The number of carboxylic acid groups (broad SMARTS) is 1. The molecule has 2 N–H and O–H groups in total. The predicted molar refractivity (Wildman–Crippen MR) is 94.4 cm³/mol. The van der Waals surface area contributed by atoms with Gasteiger partial charge < -0.3 is 14.9 Å². The van der Waals surface area contributed by atoms with Crippen LogP contribution in [0.4, 0.5) is 0 Å². The Hall–Kier alpha value is -2.37. The van der Waals surface area contributed by atoms with Gasteiger partial charge in [-0.15, -0.1) is 0 Å². The molecule has 0 radical (unpaired) electrons. The molecule has 25 heavy (non-hydrogen) atoms. The van der Waals surface area contributed by atoms with E-state index in [0.717, 1.165) is 5.56 Å². The minimum atomic E-state index is -0.896. The summed E-state index contributed by atoms with van der Waals surface area (Å²) < 4.78 is 5.93. The maximum Gasteiger partial charge on any atom is 0.325 e. The first kappa shape index (κ1) is 17.5. The Bertz CT molecular complexity index is 696. The average Bonchev–Trinajstić information content (AvgIpc) is 2.63. The Morgan fingerprint density at radius 3 is 2.40 bits per heavy atom. The summed E-state index contributed by atoms with van der Waals surface area (Å²) in [7, 11) is 0. The van der Waals surface area contributed by atoms with Gasteiger partial charge >= 0.3 is 5.97 Å². The molecule has 0 aliphatic carbocycles. The van der Waals surface area contributed by atoms with Crippen molar-refractivity contribution in [2.45, 2.75) is 31.6 Å². The number of aliphatic hydroxyl groups excluding tert-OH is 1. The van der Waals surface area contributed by atoms with Gasteiger partial charge in [-0.1, -0.05) is 48.5 Å². The first-order chi connectivity index (χ1) is 12.1. The molecule has 1 aliphatic rings. The van der Waals surface area contributed by atoms with E-state index in [1.54, 1.807) is 0 Å². The molecule has 132 valence electrons. The number of benzene rings is 2. The van der Waals surface area contributed by atoms with Crippen molar-refractivity contribution >= 4 is 5.97 Å². The van der Waals surface area contributed by atoms with Crippen LogP contribution < -0.4 is 4.74 Å². The van der Waals surface area contributed by atoms with Crippen molar-refractivity contribution in [3.05, 3.63) is 65.7 Å². The van der Waals surface area contributed by atoms with Gasteiger partial charge in [0.15, 0.2) is 0 Å². The summed E-state index contributed by atoms with van der Waals surface area (Å²) in [5, 5.41) is 19.5. The molecule has 0 bridgehead atoms. The Balaban J connectivity index is 1.80. The fourth-order valence-electron chi connectivity index (χ4n) is 3.20. The molecule has 1 fully saturated rings. The molecule has 5 nitrogen and oxygen atoms in total. The third kappa shape index (κ3) is 4.38. The lowest BCUT2D eigenvalue weighted by atomic mass is 10.00. The molecule has 0 saturated carbocycles. The number of piperidine rings is 1. The highest BCUT2D eigenvalue weighted by molar-refractivity contribution is 5.76. The Morgan fingerprint density at radius 2 is 1.72 bits per heavy atom. The van der Waals surface area contributed by atoms with Crippen LogP contribution in [0.15, 0.2) is 54.6 Å². The minimum Gasteiger partial charge on any atom is -0.489 e. The topological polar surface area (TPSA) is 70.0 Å². The number of carbonyl (C=O) groups is 1. The quantitative estimate of drug-likeness (QED) is 0.845. The summed E-state index contributed by atoms with van der Waals surface area (Å²) in [6.07, 6.45) is 0.850. The van der Waals surface area contributed by atoms with Crippen LogP contribution in [0.2, 0.25) is 0 Å². The van der Waals surface area contributed by atoms with Gasteiger partial charge in [0.05, 0.1) is 6.10 Å². The number of likely N-dealkylation sites (tertiary alicyclic amines) is 1. The number of hydrogen-bond donors (Lipinski definition) is 2. The first-order valence-corrected chi connectivity index (χ1v) is 8.55. The lowest BCUT2D eigenvalue weighted by Gasteiger charge is -2.34. The summed E-state index contributed by atoms with van der Waals surface area (Å²) in [5.41, 5.74) is 1.69. The molecule has 5 heteroatoms. The summed E-state index contributed by atoms with van der Waals surface area (Å²) in [6.45, 7) is 1.51. The predicted octanol–water partition coefficient (Wildman–Crippen LogP) is 2.85. The zero-order valence-corrected chi connectivity index (χ0v) is 14.0. The van der Waals surface area contributed by atoms with Gasteiger partial charge in [0.1, 0.15) is 18.4 Å². The van der Waals surface area contributed by atoms with Gasteiger partial charge in [0.2, 0.25) is 0 Å². The maximum atomic E-state index is 11.9. The number of hydrogen-bond acceptors (Lipinski definition) is 4. The van der Waals surface area contributed by atoms with E-state index in [1.165, 1.54) is 0 Å². The second-order valence-corrected chi connectivity index (χ2v) is 6.32. The van der Waals surface area contributed by atoms with Gasteiger partial charge in [-0.25, -0.2) is 0 Å². The molecule has 1 saturated heterocycles. The summed E-state index contributed by atoms with van der Waals surface area (Å²) >= 11 is 0. The Kier molecular flexibility index (Phi) is 5.68. The maximum absolute atomic E-state index is 11.9. The summed E-state index contributed by atoms with van der Waals surface area (Å²) in [4.78, 5) is 13.9. The Morgan fingerprint density at radius 1 is 1.08 bits per heavy atom. The van der Waals surface area contributed by atoms with E-state index in [9.17, 15) is 15.0 Å². The van der Waals surface area contributed by atoms with Crippen LogP contribution in [0.1, 0.15) is 30.0 Å². The SMILES string of the molecule is O=C(O)[C@@H](c1ccccc1OCc1ccccc1)N1CCC(O)CC1. The number of carboxylic acids is 1. The van der Waals surface area contributed by atoms with E-state index in [2.05, 4.69) is 0 Å². The normalized spacial score (nSPS) is 17.2. The summed E-state index contributed by atoms with van der Waals surface area (Å²) in [6, 6.07) is 16.3. The smallest absolute Gasteiger partial charge is 0.325 e. The number of aliphatic hydroxyl groups is 1. The van der Waals surface area contributed by atoms with Crippen molar-refractivity contribution in [3.63, 3.8) is 0 Å². The van der Waals surface area contributed by atoms with Gasteiger partial charge in [-0.2, -0.15) is 0 Å². The van der Waals surface area contributed by atoms with Crippen LogP contribution in [0.25, 0.3) is 0 Å². The van der Waals surface area contributed by atoms with Gasteiger partial charge in [0.25, 0.3) is 0 Å². The van der Waals surface area contributed by atoms with Crippen molar-refractivity contribution in [1.29, 1.82) is 0 Å². The van der Waals surface area contributed by atoms with Crippen LogP contribution >= 0.6 is 0 Å². The summed E-state index contributed by atoms with van der Waals surface area (Å²) in [5.74, 6) is -0.308. The number of ether oxygens (including phenoxy) is 1. The third-order valence-corrected chi connectivity index (χ3v) is 4.55.